The van der Waals surface area contributed by atoms with Crippen LogP contribution in [0.2, 0.25) is 0 Å². The Kier molecular flexibility index (Phi) is 4.27. The Balaban J connectivity index is 1.91. The van der Waals surface area contributed by atoms with Crippen molar-refractivity contribution in [3.05, 3.63) is 45.0 Å². The molecule has 108 valence electrons. The summed E-state index contributed by atoms with van der Waals surface area (Å²) in [5.41, 5.74) is 1.57. The van der Waals surface area contributed by atoms with Gasteiger partial charge < -0.3 is 9.73 Å². The predicted octanol–water partition coefficient (Wildman–Crippen LogP) is 4.48. The zero-order chi connectivity index (χ0) is 13.9. The molecule has 2 heterocycles. The van der Waals surface area contributed by atoms with E-state index in [-0.39, 0.29) is 6.04 Å². The summed E-state index contributed by atoms with van der Waals surface area (Å²) >= 11 is 1.97. The molecule has 0 amide bonds. The SMILES string of the molecule is CCNC(c1ccc(CC)o1)c1cc2c(s1)CCCC2. The van der Waals surface area contributed by atoms with Gasteiger partial charge in [-0.2, -0.15) is 0 Å². The number of thiophene rings is 1. The Labute approximate surface area is 125 Å². The number of furan rings is 1. The zero-order valence-electron chi connectivity index (χ0n) is 12.4. The molecule has 0 saturated heterocycles. The van der Waals surface area contributed by atoms with E-state index in [1.807, 2.05) is 11.3 Å². The molecule has 1 aliphatic rings. The lowest BCUT2D eigenvalue weighted by Crippen LogP contribution is -2.20. The minimum absolute atomic E-state index is 0.218. The summed E-state index contributed by atoms with van der Waals surface area (Å²) in [6, 6.07) is 6.86. The van der Waals surface area contributed by atoms with E-state index >= 15 is 0 Å². The van der Waals surface area contributed by atoms with E-state index in [0.717, 1.165) is 24.5 Å². The van der Waals surface area contributed by atoms with E-state index in [0.29, 0.717) is 0 Å². The molecule has 1 atom stereocenters. The van der Waals surface area contributed by atoms with Crippen molar-refractivity contribution >= 4 is 11.3 Å². The monoisotopic (exact) mass is 289 g/mol. The van der Waals surface area contributed by atoms with Crippen LogP contribution in [0.4, 0.5) is 0 Å². The molecule has 0 bridgehead atoms. The summed E-state index contributed by atoms with van der Waals surface area (Å²) in [6.07, 6.45) is 6.16. The van der Waals surface area contributed by atoms with Crippen LogP contribution in [-0.2, 0) is 19.3 Å². The average Bonchev–Trinajstić information content (AvgIpc) is 3.10. The van der Waals surface area contributed by atoms with Crippen LogP contribution < -0.4 is 5.32 Å². The van der Waals surface area contributed by atoms with Gasteiger partial charge in [0.2, 0.25) is 0 Å². The summed E-state index contributed by atoms with van der Waals surface area (Å²) in [6.45, 7) is 5.24. The second-order valence-electron chi connectivity index (χ2n) is 5.45. The highest BCUT2D eigenvalue weighted by Gasteiger charge is 2.22. The van der Waals surface area contributed by atoms with Gasteiger partial charge in [-0.25, -0.2) is 0 Å². The first kappa shape index (κ1) is 13.9. The number of hydrogen-bond donors (Lipinski definition) is 1. The van der Waals surface area contributed by atoms with Crippen molar-refractivity contribution in [2.24, 2.45) is 0 Å². The molecule has 3 heteroatoms. The van der Waals surface area contributed by atoms with Gasteiger partial charge in [0.25, 0.3) is 0 Å². The molecule has 2 aromatic rings. The second kappa shape index (κ2) is 6.15. The lowest BCUT2D eigenvalue weighted by Gasteiger charge is -2.13. The summed E-state index contributed by atoms with van der Waals surface area (Å²) < 4.78 is 5.98. The maximum Gasteiger partial charge on any atom is 0.126 e. The van der Waals surface area contributed by atoms with Gasteiger partial charge in [0.15, 0.2) is 0 Å². The Morgan fingerprint density at radius 1 is 1.25 bits per heavy atom. The van der Waals surface area contributed by atoms with Crippen molar-refractivity contribution in [3.63, 3.8) is 0 Å². The third-order valence-electron chi connectivity index (χ3n) is 4.02. The maximum absolute atomic E-state index is 5.98. The van der Waals surface area contributed by atoms with E-state index < -0.39 is 0 Å². The Hall–Kier alpha value is -1.06. The van der Waals surface area contributed by atoms with Crippen molar-refractivity contribution in [3.8, 4) is 0 Å². The highest BCUT2D eigenvalue weighted by Crippen LogP contribution is 2.35. The second-order valence-corrected chi connectivity index (χ2v) is 6.62. The number of nitrogens with one attached hydrogen (secondary N) is 1. The average molecular weight is 289 g/mol. The highest BCUT2D eigenvalue weighted by molar-refractivity contribution is 7.12. The summed E-state index contributed by atoms with van der Waals surface area (Å²) in [4.78, 5) is 3.01. The molecule has 0 saturated carbocycles. The first-order valence-corrected chi connectivity index (χ1v) is 8.57. The summed E-state index contributed by atoms with van der Waals surface area (Å²) in [5, 5.41) is 3.58. The van der Waals surface area contributed by atoms with E-state index in [4.69, 9.17) is 4.42 Å². The van der Waals surface area contributed by atoms with E-state index in [1.165, 1.54) is 30.6 Å². The van der Waals surface area contributed by atoms with Crippen molar-refractivity contribution in [2.75, 3.05) is 6.54 Å². The molecule has 0 radical (unpaired) electrons. The Morgan fingerprint density at radius 3 is 2.80 bits per heavy atom. The van der Waals surface area contributed by atoms with Crippen molar-refractivity contribution in [1.29, 1.82) is 0 Å². The van der Waals surface area contributed by atoms with Crippen LogP contribution in [0.3, 0.4) is 0 Å². The summed E-state index contributed by atoms with van der Waals surface area (Å²) in [5.74, 6) is 2.13. The van der Waals surface area contributed by atoms with Crippen LogP contribution >= 0.6 is 11.3 Å². The Bertz CT molecular complexity index is 546. The van der Waals surface area contributed by atoms with Crippen LogP contribution in [0, 0.1) is 0 Å². The normalized spacial score (nSPS) is 16.1. The van der Waals surface area contributed by atoms with Crippen LogP contribution in [-0.4, -0.2) is 6.54 Å². The largest absolute Gasteiger partial charge is 0.464 e. The molecule has 0 aliphatic heterocycles. The van der Waals surface area contributed by atoms with Gasteiger partial charge in [-0.15, -0.1) is 11.3 Å². The molecule has 0 aromatic carbocycles. The van der Waals surface area contributed by atoms with E-state index in [9.17, 15) is 0 Å². The topological polar surface area (TPSA) is 25.2 Å². The van der Waals surface area contributed by atoms with Gasteiger partial charge >= 0.3 is 0 Å². The third-order valence-corrected chi connectivity index (χ3v) is 5.33. The minimum Gasteiger partial charge on any atom is -0.464 e. The molecular formula is C17H23NOS. The molecule has 2 nitrogen and oxygen atoms in total. The fourth-order valence-electron chi connectivity index (χ4n) is 2.94. The van der Waals surface area contributed by atoms with E-state index in [2.05, 4.69) is 37.4 Å². The molecular weight excluding hydrogens is 266 g/mol. The molecule has 0 spiro atoms. The predicted molar refractivity (Wildman–Crippen MR) is 84.6 cm³/mol. The lowest BCUT2D eigenvalue weighted by atomic mass is 9.98. The number of hydrogen-bond acceptors (Lipinski definition) is 3. The van der Waals surface area contributed by atoms with Gasteiger partial charge in [0.1, 0.15) is 17.6 Å². The maximum atomic E-state index is 5.98. The highest BCUT2D eigenvalue weighted by atomic mass is 32.1. The fraction of sp³-hybridized carbons (Fsp3) is 0.529. The number of fused-ring (bicyclic) bond motifs is 1. The van der Waals surface area contributed by atoms with Crippen molar-refractivity contribution in [2.45, 2.75) is 52.0 Å². The zero-order valence-corrected chi connectivity index (χ0v) is 13.2. The van der Waals surface area contributed by atoms with Crippen molar-refractivity contribution in [1.82, 2.24) is 5.32 Å². The van der Waals surface area contributed by atoms with Gasteiger partial charge in [0.05, 0.1) is 0 Å². The van der Waals surface area contributed by atoms with Gasteiger partial charge in [0, 0.05) is 16.2 Å². The number of aryl methyl sites for hydroxylation is 3. The third kappa shape index (κ3) is 2.70. The van der Waals surface area contributed by atoms with Crippen molar-refractivity contribution < 1.29 is 4.42 Å². The standard InChI is InChI=1S/C17H23NOS/c1-3-13-9-10-14(19-13)17(18-4-2)16-11-12-7-5-6-8-15(12)20-16/h9-11,17-18H,3-8H2,1-2H3. The smallest absolute Gasteiger partial charge is 0.126 e. The van der Waals surface area contributed by atoms with Gasteiger partial charge in [-0.1, -0.05) is 13.8 Å². The van der Waals surface area contributed by atoms with E-state index in [1.54, 1.807) is 10.4 Å². The quantitative estimate of drug-likeness (QED) is 0.878. The molecule has 1 N–H and O–H groups in total. The fourth-order valence-corrected chi connectivity index (χ4v) is 4.28. The first-order valence-electron chi connectivity index (χ1n) is 7.75. The molecule has 20 heavy (non-hydrogen) atoms. The molecule has 3 rings (SSSR count). The molecule has 1 unspecified atom stereocenters. The van der Waals surface area contributed by atoms with Crippen LogP contribution in [0.1, 0.15) is 59.6 Å². The van der Waals surface area contributed by atoms with Gasteiger partial charge in [-0.05, 0) is 56.0 Å². The lowest BCUT2D eigenvalue weighted by molar-refractivity contribution is 0.428. The van der Waals surface area contributed by atoms with Crippen LogP contribution in [0.25, 0.3) is 0 Å². The first-order chi connectivity index (χ1) is 9.81. The van der Waals surface area contributed by atoms with Crippen LogP contribution in [0.15, 0.2) is 22.6 Å². The van der Waals surface area contributed by atoms with Gasteiger partial charge in [-0.3, -0.25) is 0 Å². The molecule has 0 fully saturated rings. The number of rotatable bonds is 5. The molecule has 1 aliphatic carbocycles. The Morgan fingerprint density at radius 2 is 2.10 bits per heavy atom. The summed E-state index contributed by atoms with van der Waals surface area (Å²) in [7, 11) is 0. The van der Waals surface area contributed by atoms with Crippen LogP contribution in [0.5, 0.6) is 0 Å². The molecule has 2 aromatic heterocycles. The minimum atomic E-state index is 0.218.